The van der Waals surface area contributed by atoms with Crippen LogP contribution < -0.4 is 15.2 Å². The van der Waals surface area contributed by atoms with Crippen molar-refractivity contribution in [2.45, 2.75) is 44.6 Å². The van der Waals surface area contributed by atoms with Gasteiger partial charge in [0.25, 0.3) is 0 Å². The summed E-state index contributed by atoms with van der Waals surface area (Å²) < 4.78 is 26.8. The third-order valence-corrected chi connectivity index (χ3v) is 5.28. The average molecular weight is 431 g/mol. The number of hydrogen-bond donors (Lipinski definition) is 2. The summed E-state index contributed by atoms with van der Waals surface area (Å²) in [5.41, 5.74) is -0.351. The van der Waals surface area contributed by atoms with Gasteiger partial charge in [0, 0.05) is 23.5 Å². The summed E-state index contributed by atoms with van der Waals surface area (Å²) in [6.07, 6.45) is 4.20. The van der Waals surface area contributed by atoms with E-state index in [1.807, 2.05) is 20.8 Å². The molecular formula is C18H27ClN4O4S. The fourth-order valence-electron chi connectivity index (χ4n) is 2.53. The second-order valence-corrected chi connectivity index (χ2v) is 9.36. The van der Waals surface area contributed by atoms with Gasteiger partial charge in [-0.2, -0.15) is 5.26 Å². The molecule has 0 spiro atoms. The normalized spacial score (nSPS) is 16.6. The summed E-state index contributed by atoms with van der Waals surface area (Å²) in [7, 11) is -2.42. The lowest BCUT2D eigenvalue weighted by molar-refractivity contribution is -0.128. The maximum Gasteiger partial charge on any atom is 0.241 e. The van der Waals surface area contributed by atoms with E-state index in [-0.39, 0.29) is 28.0 Å². The maximum absolute atomic E-state index is 11.6. The Morgan fingerprint density at radius 1 is 1.46 bits per heavy atom. The van der Waals surface area contributed by atoms with Gasteiger partial charge in [-0.3, -0.25) is 4.79 Å². The molecular weight excluding hydrogens is 404 g/mol. The molecule has 1 amide bonds. The highest BCUT2D eigenvalue weighted by molar-refractivity contribution is 7.89. The van der Waals surface area contributed by atoms with Crippen molar-refractivity contribution in [1.29, 1.82) is 5.26 Å². The Kier molecular flexibility index (Phi) is 8.54. The van der Waals surface area contributed by atoms with Crippen molar-refractivity contribution in [2.24, 2.45) is 10.6 Å². The summed E-state index contributed by atoms with van der Waals surface area (Å²) >= 11 is 5.60. The lowest BCUT2D eigenvalue weighted by Gasteiger charge is -2.22. The molecule has 0 unspecified atom stereocenters. The second kappa shape index (κ2) is 9.96. The van der Waals surface area contributed by atoms with Crippen LogP contribution in [0.2, 0.25) is 5.02 Å². The van der Waals surface area contributed by atoms with Crippen LogP contribution >= 0.6 is 11.6 Å². The first-order valence-corrected chi connectivity index (χ1v) is 10.6. The van der Waals surface area contributed by atoms with E-state index >= 15 is 0 Å². The highest BCUT2D eigenvalue weighted by Crippen LogP contribution is 2.25. The molecule has 0 bridgehead atoms. The number of likely N-dealkylation sites (tertiary alicyclic amines) is 1. The lowest BCUT2D eigenvalue weighted by atomic mass is 9.95. The number of ether oxygens (including phenoxy) is 1. The molecule has 1 atom stereocenters. The molecule has 0 radical (unpaired) electrons. The van der Waals surface area contributed by atoms with Gasteiger partial charge in [0.05, 0.1) is 13.2 Å². The Morgan fingerprint density at radius 3 is 2.61 bits per heavy atom. The molecule has 0 aromatic heterocycles. The van der Waals surface area contributed by atoms with E-state index in [0.29, 0.717) is 11.6 Å². The first-order chi connectivity index (χ1) is 12.9. The summed E-state index contributed by atoms with van der Waals surface area (Å²) in [4.78, 5) is 13.2. The number of halogens is 1. The topological polar surface area (TPSA) is 126 Å². The molecule has 10 heteroatoms. The lowest BCUT2D eigenvalue weighted by Crippen LogP contribution is -2.42. The van der Waals surface area contributed by atoms with Crippen molar-refractivity contribution >= 4 is 27.5 Å². The standard InChI is InChI=1S/C11H19N3O.C7H8ClNO3S/c1-11(2,3)10(15)13-7-9-5-4-6-14(9)8-12;1-12-6-3-2-5(8)4-7(6)13(9,10)11/h9H,4-7H2,1-3H3,(H,13,15);2-4H,1H3,(H2,9,10,11)/t9-;/m1./s1. The van der Waals surface area contributed by atoms with Gasteiger partial charge in [-0.15, -0.1) is 0 Å². The van der Waals surface area contributed by atoms with Gasteiger partial charge < -0.3 is 15.0 Å². The molecule has 1 aromatic carbocycles. The summed E-state index contributed by atoms with van der Waals surface area (Å²) in [5, 5.41) is 17.0. The van der Waals surface area contributed by atoms with E-state index in [1.54, 1.807) is 4.90 Å². The smallest absolute Gasteiger partial charge is 0.241 e. The highest BCUT2D eigenvalue weighted by Gasteiger charge is 2.26. The molecule has 156 valence electrons. The van der Waals surface area contributed by atoms with Crippen LogP contribution in [0.5, 0.6) is 5.75 Å². The number of carbonyl (C=O) groups is 1. The Bertz CT molecular complexity index is 831. The van der Waals surface area contributed by atoms with Gasteiger partial charge in [0.1, 0.15) is 10.6 Å². The predicted molar refractivity (Wildman–Crippen MR) is 107 cm³/mol. The largest absolute Gasteiger partial charge is 0.495 e. The van der Waals surface area contributed by atoms with E-state index in [0.717, 1.165) is 19.4 Å². The molecule has 28 heavy (non-hydrogen) atoms. The van der Waals surface area contributed by atoms with Crippen LogP contribution in [0, 0.1) is 16.9 Å². The van der Waals surface area contributed by atoms with Crippen molar-refractivity contribution in [3.63, 3.8) is 0 Å². The summed E-state index contributed by atoms with van der Waals surface area (Å²) in [6.45, 7) is 7.08. The molecule has 1 heterocycles. The fraction of sp³-hybridized carbons (Fsp3) is 0.556. The molecule has 1 aliphatic heterocycles. The third kappa shape index (κ3) is 7.19. The van der Waals surface area contributed by atoms with Crippen molar-refractivity contribution in [3.05, 3.63) is 23.2 Å². The van der Waals surface area contributed by atoms with E-state index in [4.69, 9.17) is 26.7 Å². The van der Waals surface area contributed by atoms with E-state index in [1.165, 1.54) is 25.3 Å². The van der Waals surface area contributed by atoms with Crippen LogP contribution in [0.25, 0.3) is 0 Å². The molecule has 1 aromatic rings. The zero-order valence-electron chi connectivity index (χ0n) is 16.5. The minimum atomic E-state index is -3.78. The Morgan fingerprint density at radius 2 is 2.11 bits per heavy atom. The van der Waals surface area contributed by atoms with E-state index < -0.39 is 10.0 Å². The van der Waals surface area contributed by atoms with Crippen LogP contribution in [0.3, 0.4) is 0 Å². The number of nitrogens with two attached hydrogens (primary N) is 1. The quantitative estimate of drug-likeness (QED) is 0.704. The maximum atomic E-state index is 11.6. The minimum Gasteiger partial charge on any atom is -0.495 e. The zero-order valence-corrected chi connectivity index (χ0v) is 18.1. The molecule has 0 saturated carbocycles. The van der Waals surface area contributed by atoms with Crippen molar-refractivity contribution in [2.75, 3.05) is 20.2 Å². The molecule has 8 nitrogen and oxygen atoms in total. The van der Waals surface area contributed by atoms with Gasteiger partial charge in [-0.1, -0.05) is 32.4 Å². The number of amides is 1. The van der Waals surface area contributed by atoms with Gasteiger partial charge in [0.2, 0.25) is 15.9 Å². The number of carbonyl (C=O) groups excluding carboxylic acids is 1. The van der Waals surface area contributed by atoms with Crippen LogP contribution in [-0.2, 0) is 14.8 Å². The number of nitrogens with zero attached hydrogens (tertiary/aromatic N) is 2. The fourth-order valence-corrected chi connectivity index (χ4v) is 3.49. The number of hydrogen-bond acceptors (Lipinski definition) is 6. The SMILES string of the molecule is CC(C)(C)C(=O)NC[C@H]1CCCN1C#N.COc1ccc(Cl)cc1S(N)(=O)=O. The summed E-state index contributed by atoms with van der Waals surface area (Å²) in [6, 6.07) is 4.41. The van der Waals surface area contributed by atoms with Crippen molar-refractivity contribution < 1.29 is 17.9 Å². The number of nitriles is 1. The Balaban J connectivity index is 0.000000283. The number of benzene rings is 1. The molecule has 1 fully saturated rings. The number of primary sulfonamides is 1. The average Bonchev–Trinajstić information content (AvgIpc) is 3.06. The zero-order chi connectivity index (χ0) is 21.5. The monoisotopic (exact) mass is 430 g/mol. The van der Waals surface area contributed by atoms with Crippen LogP contribution in [0.1, 0.15) is 33.6 Å². The number of nitrogens with one attached hydrogen (secondary N) is 1. The number of sulfonamides is 1. The van der Waals surface area contributed by atoms with Crippen molar-refractivity contribution in [1.82, 2.24) is 10.2 Å². The van der Waals surface area contributed by atoms with Crippen molar-refractivity contribution in [3.8, 4) is 11.9 Å². The summed E-state index contributed by atoms with van der Waals surface area (Å²) in [5.74, 6) is 0.235. The van der Waals surface area contributed by atoms with E-state index in [9.17, 15) is 13.2 Å². The minimum absolute atomic E-state index is 0.0484. The predicted octanol–water partition coefficient (Wildman–Crippen LogP) is 2.09. The molecule has 0 aliphatic carbocycles. The van der Waals surface area contributed by atoms with Gasteiger partial charge in [-0.05, 0) is 31.0 Å². The van der Waals surface area contributed by atoms with Crippen LogP contribution in [0.4, 0.5) is 0 Å². The Hall–Kier alpha value is -2.02. The second-order valence-electron chi connectivity index (χ2n) is 7.39. The van der Waals surface area contributed by atoms with Gasteiger partial charge in [-0.25, -0.2) is 13.6 Å². The van der Waals surface area contributed by atoms with Crippen LogP contribution in [0.15, 0.2) is 23.1 Å². The first-order valence-electron chi connectivity index (χ1n) is 8.71. The van der Waals surface area contributed by atoms with E-state index in [2.05, 4.69) is 11.5 Å². The first kappa shape index (κ1) is 24.0. The molecule has 1 saturated heterocycles. The third-order valence-electron chi connectivity index (χ3n) is 4.12. The molecule has 3 N–H and O–H groups in total. The molecule has 1 aliphatic rings. The Labute approximate surface area is 171 Å². The highest BCUT2D eigenvalue weighted by atomic mass is 35.5. The number of rotatable bonds is 4. The van der Waals surface area contributed by atoms with Gasteiger partial charge in [0.15, 0.2) is 6.19 Å². The van der Waals surface area contributed by atoms with Crippen LogP contribution in [-0.4, -0.2) is 45.5 Å². The number of methoxy groups -OCH3 is 1. The van der Waals surface area contributed by atoms with Gasteiger partial charge >= 0.3 is 0 Å². The molecule has 2 rings (SSSR count).